The van der Waals surface area contributed by atoms with Crippen LogP contribution in [0.3, 0.4) is 0 Å². The number of amides is 2. The molecule has 0 aromatic heterocycles. The molecule has 0 radical (unpaired) electrons. The number of nitrogens with zero attached hydrogens (tertiary/aromatic N) is 1. The van der Waals surface area contributed by atoms with Crippen LogP contribution in [0.5, 0.6) is 0 Å². The van der Waals surface area contributed by atoms with Crippen molar-refractivity contribution in [2.75, 3.05) is 26.4 Å². The molecule has 2 unspecified atom stereocenters. The van der Waals surface area contributed by atoms with E-state index in [2.05, 4.69) is 5.32 Å². The van der Waals surface area contributed by atoms with Crippen molar-refractivity contribution in [3.05, 3.63) is 0 Å². The second-order valence-electron chi connectivity index (χ2n) is 5.41. The van der Waals surface area contributed by atoms with Gasteiger partial charge in [0.15, 0.2) is 6.10 Å². The summed E-state index contributed by atoms with van der Waals surface area (Å²) in [7, 11) is 0. The van der Waals surface area contributed by atoms with Crippen molar-refractivity contribution in [2.45, 2.75) is 43.9 Å². The Morgan fingerprint density at radius 1 is 1.16 bits per heavy atom. The largest absolute Gasteiger partial charge is 0.376 e. The number of hydrogen-bond acceptors (Lipinski definition) is 4. The maximum absolute atomic E-state index is 12.4. The molecule has 1 aliphatic carbocycles. The Labute approximate surface area is 112 Å². The third-order valence-corrected chi connectivity index (χ3v) is 3.85. The smallest absolute Gasteiger partial charge is 0.254 e. The van der Waals surface area contributed by atoms with Gasteiger partial charge in [0.25, 0.3) is 5.91 Å². The molecule has 3 rings (SSSR count). The van der Waals surface area contributed by atoms with Crippen LogP contribution in [0.4, 0.5) is 0 Å². The van der Waals surface area contributed by atoms with Gasteiger partial charge >= 0.3 is 0 Å². The summed E-state index contributed by atoms with van der Waals surface area (Å²) >= 11 is 0. The lowest BCUT2D eigenvalue weighted by Gasteiger charge is -2.30. The summed E-state index contributed by atoms with van der Waals surface area (Å²) in [6, 6.07) is 0.0120. The molecule has 2 heterocycles. The van der Waals surface area contributed by atoms with Gasteiger partial charge in [-0.15, -0.1) is 0 Å². The SMILES string of the molecule is O=C(NC1CC1)C1CCCN1C(=O)C1COCCO1. The van der Waals surface area contributed by atoms with Crippen LogP contribution in [0, 0.1) is 0 Å². The first-order valence-electron chi connectivity index (χ1n) is 7.06. The molecule has 0 aromatic carbocycles. The van der Waals surface area contributed by atoms with Gasteiger partial charge in [-0.25, -0.2) is 0 Å². The van der Waals surface area contributed by atoms with E-state index in [0.717, 1.165) is 25.7 Å². The van der Waals surface area contributed by atoms with Gasteiger partial charge in [0.05, 0.1) is 19.8 Å². The van der Waals surface area contributed by atoms with Crippen molar-refractivity contribution in [1.29, 1.82) is 0 Å². The van der Waals surface area contributed by atoms with E-state index in [4.69, 9.17) is 9.47 Å². The van der Waals surface area contributed by atoms with Crippen molar-refractivity contribution in [3.63, 3.8) is 0 Å². The Hall–Kier alpha value is -1.14. The minimum atomic E-state index is -0.539. The van der Waals surface area contributed by atoms with Gasteiger partial charge in [-0.05, 0) is 25.7 Å². The number of hydrogen-bond donors (Lipinski definition) is 1. The second kappa shape index (κ2) is 5.46. The lowest BCUT2D eigenvalue weighted by atomic mass is 10.2. The van der Waals surface area contributed by atoms with E-state index in [1.54, 1.807) is 4.90 Å². The zero-order valence-corrected chi connectivity index (χ0v) is 11.0. The molecule has 2 amide bonds. The van der Waals surface area contributed by atoms with Crippen molar-refractivity contribution in [2.24, 2.45) is 0 Å². The monoisotopic (exact) mass is 268 g/mol. The molecular formula is C13H20N2O4. The molecule has 3 fully saturated rings. The van der Waals surface area contributed by atoms with Gasteiger partial charge in [-0.3, -0.25) is 9.59 Å². The molecule has 0 bridgehead atoms. The maximum Gasteiger partial charge on any atom is 0.254 e. The molecule has 1 N–H and O–H groups in total. The highest BCUT2D eigenvalue weighted by Crippen LogP contribution is 2.23. The third-order valence-electron chi connectivity index (χ3n) is 3.85. The average molecular weight is 268 g/mol. The normalized spacial score (nSPS) is 31.3. The number of carbonyl (C=O) groups excluding carboxylic acids is 2. The van der Waals surface area contributed by atoms with E-state index < -0.39 is 6.10 Å². The Kier molecular flexibility index (Phi) is 3.70. The average Bonchev–Trinajstić information content (AvgIpc) is 3.11. The van der Waals surface area contributed by atoms with Crippen LogP contribution in [0.15, 0.2) is 0 Å². The molecule has 6 nitrogen and oxygen atoms in total. The van der Waals surface area contributed by atoms with Crippen LogP contribution in [-0.4, -0.2) is 61.3 Å². The highest BCUT2D eigenvalue weighted by Gasteiger charge is 2.39. The molecule has 6 heteroatoms. The summed E-state index contributed by atoms with van der Waals surface area (Å²) in [6.07, 6.45) is 3.21. The molecule has 19 heavy (non-hydrogen) atoms. The number of nitrogens with one attached hydrogen (secondary N) is 1. The first kappa shape index (κ1) is 12.9. The second-order valence-corrected chi connectivity index (χ2v) is 5.41. The fourth-order valence-electron chi connectivity index (χ4n) is 2.64. The number of likely N-dealkylation sites (tertiary alicyclic amines) is 1. The molecule has 0 spiro atoms. The van der Waals surface area contributed by atoms with Crippen LogP contribution >= 0.6 is 0 Å². The number of rotatable bonds is 3. The summed E-state index contributed by atoms with van der Waals surface area (Å²) in [5.74, 6) is -0.113. The standard InChI is InChI=1S/C13H20N2O4/c16-12(14-9-3-4-9)10-2-1-5-15(10)13(17)11-8-18-6-7-19-11/h9-11H,1-8H2,(H,14,16). The zero-order chi connectivity index (χ0) is 13.2. The summed E-state index contributed by atoms with van der Waals surface area (Å²) < 4.78 is 10.7. The van der Waals surface area contributed by atoms with Crippen LogP contribution in [0.2, 0.25) is 0 Å². The Balaban J connectivity index is 1.60. The Morgan fingerprint density at radius 3 is 2.68 bits per heavy atom. The van der Waals surface area contributed by atoms with Crippen molar-refractivity contribution in [3.8, 4) is 0 Å². The summed E-state index contributed by atoms with van der Waals surface area (Å²) in [6.45, 7) is 1.92. The van der Waals surface area contributed by atoms with E-state index >= 15 is 0 Å². The lowest BCUT2D eigenvalue weighted by molar-refractivity contribution is -0.160. The van der Waals surface area contributed by atoms with Gasteiger partial charge in [0.2, 0.25) is 5.91 Å². The first-order valence-corrected chi connectivity index (χ1v) is 7.06. The highest BCUT2D eigenvalue weighted by molar-refractivity contribution is 5.90. The third kappa shape index (κ3) is 2.90. The van der Waals surface area contributed by atoms with Gasteiger partial charge in [-0.1, -0.05) is 0 Å². The lowest BCUT2D eigenvalue weighted by Crippen LogP contribution is -2.52. The highest BCUT2D eigenvalue weighted by atomic mass is 16.6. The summed E-state index contributed by atoms with van der Waals surface area (Å²) in [5, 5.41) is 2.98. The van der Waals surface area contributed by atoms with E-state index in [0.29, 0.717) is 32.4 Å². The van der Waals surface area contributed by atoms with Crippen LogP contribution in [-0.2, 0) is 19.1 Å². The maximum atomic E-state index is 12.4. The van der Waals surface area contributed by atoms with Crippen LogP contribution in [0.25, 0.3) is 0 Å². The molecule has 1 saturated carbocycles. The predicted molar refractivity (Wildman–Crippen MR) is 66.5 cm³/mol. The molecule has 2 saturated heterocycles. The minimum absolute atomic E-state index is 0.00919. The van der Waals surface area contributed by atoms with Crippen LogP contribution in [0.1, 0.15) is 25.7 Å². The Bertz CT molecular complexity index is 364. The number of ether oxygens (including phenoxy) is 2. The zero-order valence-electron chi connectivity index (χ0n) is 11.0. The predicted octanol–water partition coefficient (Wildman–Crippen LogP) is -0.329. The Morgan fingerprint density at radius 2 is 2.00 bits per heavy atom. The van der Waals surface area contributed by atoms with E-state index in [1.807, 2.05) is 0 Å². The molecule has 106 valence electrons. The van der Waals surface area contributed by atoms with Crippen molar-refractivity contribution >= 4 is 11.8 Å². The molecular weight excluding hydrogens is 248 g/mol. The van der Waals surface area contributed by atoms with Gasteiger partial charge < -0.3 is 19.7 Å². The van der Waals surface area contributed by atoms with Gasteiger partial charge in [0.1, 0.15) is 6.04 Å². The first-order chi connectivity index (χ1) is 9.25. The molecule has 2 aliphatic heterocycles. The van der Waals surface area contributed by atoms with E-state index in [9.17, 15) is 9.59 Å². The minimum Gasteiger partial charge on any atom is -0.376 e. The van der Waals surface area contributed by atoms with Crippen LogP contribution < -0.4 is 5.32 Å². The topological polar surface area (TPSA) is 67.9 Å². The molecule has 2 atom stereocenters. The van der Waals surface area contributed by atoms with Crippen molar-refractivity contribution < 1.29 is 19.1 Å². The fraction of sp³-hybridized carbons (Fsp3) is 0.846. The summed E-state index contributed by atoms with van der Waals surface area (Å²) in [4.78, 5) is 26.1. The number of carbonyl (C=O) groups is 2. The molecule has 0 aromatic rings. The van der Waals surface area contributed by atoms with E-state index in [1.165, 1.54) is 0 Å². The fourth-order valence-corrected chi connectivity index (χ4v) is 2.64. The summed E-state index contributed by atoms with van der Waals surface area (Å²) in [5.41, 5.74) is 0. The quantitative estimate of drug-likeness (QED) is 0.761. The molecule has 3 aliphatic rings. The van der Waals surface area contributed by atoms with Crippen molar-refractivity contribution in [1.82, 2.24) is 10.2 Å². The van der Waals surface area contributed by atoms with Gasteiger partial charge in [0, 0.05) is 12.6 Å². The van der Waals surface area contributed by atoms with Gasteiger partial charge in [-0.2, -0.15) is 0 Å². The van der Waals surface area contributed by atoms with E-state index in [-0.39, 0.29) is 17.9 Å².